The van der Waals surface area contributed by atoms with E-state index in [1.807, 2.05) is 0 Å². The molecule has 1 spiro atoms. The van der Waals surface area contributed by atoms with Crippen molar-refractivity contribution < 1.29 is 22.7 Å². The van der Waals surface area contributed by atoms with Crippen LogP contribution in [0.1, 0.15) is 57.4 Å². The predicted molar refractivity (Wildman–Crippen MR) is 122 cm³/mol. The van der Waals surface area contributed by atoms with E-state index in [0.717, 1.165) is 32.5 Å². The average molecular weight is 466 g/mol. The number of amides is 1. The summed E-state index contributed by atoms with van der Waals surface area (Å²) in [4.78, 5) is 19.2. The van der Waals surface area contributed by atoms with Gasteiger partial charge in [0, 0.05) is 50.6 Å². The standard InChI is InChI=1S/C25H34F3N3O2/c1-18-3-2-11-30(18)19-6-12-29(13-7-19)20-4-5-22(21(17-20)25(26,27)28)31-14-8-24(23(31)32)9-15-33-16-10-24/h4-5,17-19H,2-3,6-16H2,1H3. The molecule has 1 amide bonds. The van der Waals surface area contributed by atoms with E-state index in [1.54, 1.807) is 6.07 Å². The molecule has 0 aromatic heterocycles. The van der Waals surface area contributed by atoms with Gasteiger partial charge < -0.3 is 14.5 Å². The zero-order valence-corrected chi connectivity index (χ0v) is 19.4. The van der Waals surface area contributed by atoms with Crippen molar-refractivity contribution >= 4 is 17.3 Å². The number of anilines is 2. The lowest BCUT2D eigenvalue weighted by Gasteiger charge is -2.40. The number of likely N-dealkylation sites (tertiary alicyclic amines) is 1. The lowest BCUT2D eigenvalue weighted by atomic mass is 9.79. The number of hydrogen-bond acceptors (Lipinski definition) is 4. The summed E-state index contributed by atoms with van der Waals surface area (Å²) in [5, 5.41) is 0. The zero-order chi connectivity index (χ0) is 23.2. The molecule has 4 aliphatic heterocycles. The molecule has 0 bridgehead atoms. The van der Waals surface area contributed by atoms with Gasteiger partial charge in [0.2, 0.25) is 5.91 Å². The second-order valence-corrected chi connectivity index (χ2v) is 10.2. The molecule has 5 rings (SSSR count). The molecule has 1 aromatic carbocycles. The smallest absolute Gasteiger partial charge is 0.381 e. The number of nitrogens with zero attached hydrogens (tertiary/aromatic N) is 3. The largest absolute Gasteiger partial charge is 0.418 e. The number of alkyl halides is 3. The third kappa shape index (κ3) is 4.25. The topological polar surface area (TPSA) is 36.0 Å². The summed E-state index contributed by atoms with van der Waals surface area (Å²) in [5.74, 6) is -0.176. The zero-order valence-electron chi connectivity index (χ0n) is 19.4. The lowest BCUT2D eigenvalue weighted by molar-refractivity contribution is -0.137. The Morgan fingerprint density at radius 2 is 1.73 bits per heavy atom. The van der Waals surface area contributed by atoms with Gasteiger partial charge in [-0.25, -0.2) is 0 Å². The van der Waals surface area contributed by atoms with Crippen LogP contribution in [0.3, 0.4) is 0 Å². The number of rotatable bonds is 3. The lowest BCUT2D eigenvalue weighted by Crippen LogP contribution is -2.46. The van der Waals surface area contributed by atoms with E-state index in [4.69, 9.17) is 4.74 Å². The summed E-state index contributed by atoms with van der Waals surface area (Å²) in [6.45, 7) is 6.26. The Bertz CT molecular complexity index is 876. The molecule has 8 heteroatoms. The van der Waals surface area contributed by atoms with Gasteiger partial charge in [-0.15, -0.1) is 0 Å². The maximum atomic E-state index is 14.1. The first-order valence-corrected chi connectivity index (χ1v) is 12.4. The summed E-state index contributed by atoms with van der Waals surface area (Å²) in [6.07, 6.45) is 1.68. The third-order valence-electron chi connectivity index (χ3n) is 8.44. The van der Waals surface area contributed by atoms with Crippen molar-refractivity contribution in [3.8, 4) is 0 Å². The van der Waals surface area contributed by atoms with Crippen LogP contribution in [-0.4, -0.2) is 62.3 Å². The average Bonchev–Trinajstić information content (AvgIpc) is 3.37. The van der Waals surface area contributed by atoms with Gasteiger partial charge in [0.1, 0.15) is 0 Å². The highest BCUT2D eigenvalue weighted by atomic mass is 19.4. The second-order valence-electron chi connectivity index (χ2n) is 10.2. The van der Waals surface area contributed by atoms with Crippen LogP contribution in [0, 0.1) is 5.41 Å². The highest BCUT2D eigenvalue weighted by molar-refractivity contribution is 6.00. The maximum absolute atomic E-state index is 14.1. The van der Waals surface area contributed by atoms with E-state index < -0.39 is 17.2 Å². The molecule has 33 heavy (non-hydrogen) atoms. The van der Waals surface area contributed by atoms with Gasteiger partial charge in [0.25, 0.3) is 0 Å². The molecule has 0 saturated carbocycles. The van der Waals surface area contributed by atoms with Gasteiger partial charge in [-0.2, -0.15) is 13.2 Å². The van der Waals surface area contributed by atoms with Gasteiger partial charge in [0.15, 0.2) is 0 Å². The minimum atomic E-state index is -4.51. The van der Waals surface area contributed by atoms with Crippen molar-refractivity contribution in [1.29, 1.82) is 0 Å². The van der Waals surface area contributed by atoms with Crippen LogP contribution in [0.15, 0.2) is 18.2 Å². The van der Waals surface area contributed by atoms with Crippen molar-refractivity contribution in [2.24, 2.45) is 5.41 Å². The Balaban J connectivity index is 1.35. The normalized spacial score (nSPS) is 27.2. The van der Waals surface area contributed by atoms with E-state index in [-0.39, 0.29) is 11.6 Å². The number of carbonyl (C=O) groups excluding carboxylic acids is 1. The maximum Gasteiger partial charge on any atom is 0.418 e. The Morgan fingerprint density at radius 1 is 1.00 bits per heavy atom. The predicted octanol–water partition coefficient (Wildman–Crippen LogP) is 4.69. The summed E-state index contributed by atoms with van der Waals surface area (Å²) < 4.78 is 47.8. The van der Waals surface area contributed by atoms with Gasteiger partial charge in [-0.05, 0) is 76.6 Å². The monoisotopic (exact) mass is 465 g/mol. The summed E-state index contributed by atoms with van der Waals surface area (Å²) in [5.41, 5.74) is -0.659. The van der Waals surface area contributed by atoms with E-state index in [1.165, 1.54) is 29.9 Å². The van der Waals surface area contributed by atoms with Crippen LogP contribution in [0.4, 0.5) is 24.5 Å². The molecular weight excluding hydrogens is 431 g/mol. The Hall–Kier alpha value is -1.80. The summed E-state index contributed by atoms with van der Waals surface area (Å²) in [6, 6.07) is 5.68. The first kappa shape index (κ1) is 23.0. The third-order valence-corrected chi connectivity index (χ3v) is 8.44. The fourth-order valence-electron chi connectivity index (χ4n) is 6.41. The molecule has 4 fully saturated rings. The number of hydrogen-bond donors (Lipinski definition) is 0. The van der Waals surface area contributed by atoms with Crippen molar-refractivity contribution in [3.05, 3.63) is 23.8 Å². The number of carbonyl (C=O) groups is 1. The molecular formula is C25H34F3N3O2. The fourth-order valence-corrected chi connectivity index (χ4v) is 6.41. The number of piperidine rings is 1. The van der Waals surface area contributed by atoms with Crippen LogP contribution in [0.25, 0.3) is 0 Å². The Morgan fingerprint density at radius 3 is 2.36 bits per heavy atom. The van der Waals surface area contributed by atoms with Gasteiger partial charge in [0.05, 0.1) is 16.7 Å². The number of ether oxygens (including phenoxy) is 1. The quantitative estimate of drug-likeness (QED) is 0.649. The molecule has 0 aliphatic carbocycles. The molecule has 182 valence electrons. The minimum Gasteiger partial charge on any atom is -0.381 e. The van der Waals surface area contributed by atoms with Crippen LogP contribution in [0.5, 0.6) is 0 Å². The van der Waals surface area contributed by atoms with Crippen molar-refractivity contribution in [2.45, 2.75) is 70.1 Å². The first-order chi connectivity index (χ1) is 15.8. The first-order valence-electron chi connectivity index (χ1n) is 12.4. The summed E-state index contributed by atoms with van der Waals surface area (Å²) >= 11 is 0. The Kier molecular flexibility index (Phi) is 6.10. The van der Waals surface area contributed by atoms with E-state index in [9.17, 15) is 18.0 Å². The van der Waals surface area contributed by atoms with E-state index in [0.29, 0.717) is 56.8 Å². The molecule has 1 unspecified atom stereocenters. The molecule has 4 saturated heterocycles. The van der Waals surface area contributed by atoms with Gasteiger partial charge in [-0.3, -0.25) is 9.69 Å². The fraction of sp³-hybridized carbons (Fsp3) is 0.720. The molecule has 5 nitrogen and oxygen atoms in total. The molecule has 0 radical (unpaired) electrons. The van der Waals surface area contributed by atoms with E-state index in [2.05, 4.69) is 16.7 Å². The number of benzene rings is 1. The second kappa shape index (κ2) is 8.77. The molecule has 4 heterocycles. The van der Waals surface area contributed by atoms with Crippen LogP contribution in [-0.2, 0) is 15.7 Å². The molecule has 1 atom stereocenters. The SMILES string of the molecule is CC1CCCN1C1CCN(c2ccc(N3CCC4(CCOCC4)C3=O)c(C(F)(F)F)c2)CC1. The highest BCUT2D eigenvalue weighted by Gasteiger charge is 2.49. The van der Waals surface area contributed by atoms with Crippen molar-refractivity contribution in [2.75, 3.05) is 49.2 Å². The number of halogens is 3. The Labute approximate surface area is 193 Å². The summed E-state index contributed by atoms with van der Waals surface area (Å²) in [7, 11) is 0. The van der Waals surface area contributed by atoms with Crippen LogP contribution >= 0.6 is 0 Å². The van der Waals surface area contributed by atoms with Crippen LogP contribution in [0.2, 0.25) is 0 Å². The van der Waals surface area contributed by atoms with Gasteiger partial charge in [-0.1, -0.05) is 0 Å². The highest BCUT2D eigenvalue weighted by Crippen LogP contribution is 2.46. The molecule has 0 N–H and O–H groups in total. The van der Waals surface area contributed by atoms with Crippen LogP contribution < -0.4 is 9.80 Å². The van der Waals surface area contributed by atoms with Crippen molar-refractivity contribution in [1.82, 2.24) is 4.90 Å². The molecule has 4 aliphatic rings. The van der Waals surface area contributed by atoms with Gasteiger partial charge >= 0.3 is 6.18 Å². The van der Waals surface area contributed by atoms with Crippen molar-refractivity contribution in [3.63, 3.8) is 0 Å². The minimum absolute atomic E-state index is 0.000365. The van der Waals surface area contributed by atoms with E-state index >= 15 is 0 Å². The molecule has 1 aromatic rings.